The van der Waals surface area contributed by atoms with Crippen LogP contribution in [-0.2, 0) is 24.4 Å². The minimum atomic E-state index is -1.03. The van der Waals surface area contributed by atoms with Crippen molar-refractivity contribution < 1.29 is 23.4 Å². The number of anilines is 1. The highest BCUT2D eigenvalue weighted by atomic mass is 35.5. The number of amides is 1. The van der Waals surface area contributed by atoms with Gasteiger partial charge in [-0.15, -0.1) is 0 Å². The molecule has 1 spiro atoms. The molecule has 1 amide bonds. The summed E-state index contributed by atoms with van der Waals surface area (Å²) >= 11 is 6.49. The van der Waals surface area contributed by atoms with Crippen LogP contribution in [0.1, 0.15) is 35.5 Å². The Balaban J connectivity index is 1.53. The van der Waals surface area contributed by atoms with Gasteiger partial charge < -0.3 is 24.6 Å². The first-order valence-corrected chi connectivity index (χ1v) is 12.1. The van der Waals surface area contributed by atoms with Gasteiger partial charge >= 0.3 is 0 Å². The molecule has 5 rings (SSSR count). The molecule has 2 aliphatic heterocycles. The van der Waals surface area contributed by atoms with Crippen LogP contribution in [0.25, 0.3) is 11.1 Å². The van der Waals surface area contributed by atoms with Gasteiger partial charge in [-0.25, -0.2) is 13.8 Å². The van der Waals surface area contributed by atoms with E-state index in [0.29, 0.717) is 48.4 Å². The lowest BCUT2D eigenvalue weighted by Crippen LogP contribution is -2.52. The molecule has 36 heavy (non-hydrogen) atoms. The number of aliphatic hydroxyl groups excluding tert-OH is 1. The Hall–Kier alpha value is -3.01. The molecule has 1 fully saturated rings. The Labute approximate surface area is 212 Å². The number of fused-ring (bicyclic) bond motifs is 1. The van der Waals surface area contributed by atoms with Crippen LogP contribution < -0.4 is 5.32 Å². The quantitative estimate of drug-likeness (QED) is 0.505. The van der Waals surface area contributed by atoms with Gasteiger partial charge in [-0.05, 0) is 49.2 Å². The van der Waals surface area contributed by atoms with Crippen LogP contribution in [0.15, 0.2) is 36.7 Å². The van der Waals surface area contributed by atoms with E-state index in [0.717, 1.165) is 23.3 Å². The lowest BCUT2D eigenvalue weighted by atomic mass is 9.85. The van der Waals surface area contributed by atoms with Gasteiger partial charge in [0, 0.05) is 49.2 Å². The van der Waals surface area contributed by atoms with Crippen molar-refractivity contribution in [1.82, 2.24) is 14.5 Å². The fraction of sp³-hybridized carbons (Fsp3) is 0.385. The van der Waals surface area contributed by atoms with Crippen molar-refractivity contribution in [3.05, 3.63) is 70.1 Å². The second-order valence-corrected chi connectivity index (χ2v) is 10.3. The summed E-state index contributed by atoms with van der Waals surface area (Å²) in [7, 11) is 0. The van der Waals surface area contributed by atoms with Gasteiger partial charge in [-0.3, -0.25) is 4.79 Å². The van der Waals surface area contributed by atoms with E-state index in [1.165, 1.54) is 0 Å². The zero-order valence-electron chi connectivity index (χ0n) is 20.0. The summed E-state index contributed by atoms with van der Waals surface area (Å²) in [4.78, 5) is 19.7. The number of nitrogens with one attached hydrogen (secondary N) is 1. The predicted molar refractivity (Wildman–Crippen MR) is 132 cm³/mol. The predicted octanol–water partition coefficient (Wildman–Crippen LogP) is 4.47. The number of pyridine rings is 1. The lowest BCUT2D eigenvalue weighted by molar-refractivity contribution is -0.129. The van der Waals surface area contributed by atoms with Crippen LogP contribution in [0.4, 0.5) is 14.6 Å². The zero-order valence-corrected chi connectivity index (χ0v) is 20.8. The second kappa shape index (κ2) is 9.46. The Morgan fingerprint density at radius 3 is 2.53 bits per heavy atom. The number of nitrogens with zero attached hydrogens (tertiary/aromatic N) is 3. The summed E-state index contributed by atoms with van der Waals surface area (Å²) in [5.74, 6) is -1.62. The zero-order chi connectivity index (χ0) is 25.6. The molecule has 2 aromatic heterocycles. The molecular formula is C26H27ClF2N4O3. The number of aliphatic hydroxyl groups is 1. The largest absolute Gasteiger partial charge is 0.392 e. The van der Waals surface area contributed by atoms with E-state index in [-0.39, 0.29) is 29.5 Å². The molecule has 1 saturated heterocycles. The van der Waals surface area contributed by atoms with Gasteiger partial charge in [0.05, 0.1) is 30.3 Å². The molecule has 3 aromatic rings. The van der Waals surface area contributed by atoms with Crippen LogP contribution in [0.5, 0.6) is 0 Å². The molecule has 190 valence electrons. The third-order valence-electron chi connectivity index (χ3n) is 6.63. The van der Waals surface area contributed by atoms with Gasteiger partial charge in [0.25, 0.3) is 5.91 Å². The van der Waals surface area contributed by atoms with Gasteiger partial charge in [-0.2, -0.15) is 0 Å². The second-order valence-electron chi connectivity index (χ2n) is 9.94. The van der Waals surface area contributed by atoms with Crippen LogP contribution in [0.2, 0.25) is 5.02 Å². The third kappa shape index (κ3) is 4.58. The van der Waals surface area contributed by atoms with Crippen molar-refractivity contribution in [2.75, 3.05) is 25.1 Å². The average molecular weight is 517 g/mol. The number of halogens is 3. The molecule has 7 nitrogen and oxygen atoms in total. The molecule has 2 N–H and O–H groups in total. The summed E-state index contributed by atoms with van der Waals surface area (Å²) < 4.78 is 35.2. The van der Waals surface area contributed by atoms with Crippen LogP contribution in [-0.4, -0.2) is 51.3 Å². The summed E-state index contributed by atoms with van der Waals surface area (Å²) in [5.41, 5.74) is 2.29. The maximum Gasteiger partial charge on any atom is 0.270 e. The Bertz CT molecular complexity index is 1320. The number of rotatable bonds is 6. The third-order valence-corrected chi connectivity index (χ3v) is 6.93. The van der Waals surface area contributed by atoms with Crippen LogP contribution >= 0.6 is 11.6 Å². The van der Waals surface area contributed by atoms with E-state index >= 15 is 0 Å². The molecule has 0 saturated carbocycles. The Kier molecular flexibility index (Phi) is 6.48. The number of carbonyl (C=O) groups excluding carboxylic acids is 1. The summed E-state index contributed by atoms with van der Waals surface area (Å²) in [6.07, 6.45) is 3.49. The molecule has 0 unspecified atom stereocenters. The van der Waals surface area contributed by atoms with Crippen LogP contribution in [0.3, 0.4) is 0 Å². The maximum absolute atomic E-state index is 14.0. The SMILES string of the molecule is CC(C)Nc1cc(-c2cc3n(c2)CC2(COC2)CN(Cc2cc(F)c(F)cc2CO)C3=O)c(Cl)cn1. The molecule has 0 aliphatic carbocycles. The molecule has 1 aromatic carbocycles. The average Bonchev–Trinajstić information content (AvgIpc) is 3.18. The number of carbonyl (C=O) groups is 1. The molecule has 0 bridgehead atoms. The highest BCUT2D eigenvalue weighted by Gasteiger charge is 2.45. The van der Waals surface area contributed by atoms with Crippen molar-refractivity contribution in [2.45, 2.75) is 39.6 Å². The molecule has 4 heterocycles. The number of hydrogen-bond acceptors (Lipinski definition) is 5. The number of benzene rings is 1. The summed E-state index contributed by atoms with van der Waals surface area (Å²) in [5, 5.41) is 13.4. The van der Waals surface area contributed by atoms with Gasteiger partial charge in [0.15, 0.2) is 11.6 Å². The van der Waals surface area contributed by atoms with Crippen molar-refractivity contribution in [3.63, 3.8) is 0 Å². The summed E-state index contributed by atoms with van der Waals surface area (Å²) in [6, 6.07) is 5.87. The lowest BCUT2D eigenvalue weighted by Gasteiger charge is -2.43. The van der Waals surface area contributed by atoms with Crippen molar-refractivity contribution in [3.8, 4) is 11.1 Å². The minimum Gasteiger partial charge on any atom is -0.392 e. The maximum atomic E-state index is 14.0. The highest BCUT2D eigenvalue weighted by Crippen LogP contribution is 2.38. The van der Waals surface area contributed by atoms with Gasteiger partial charge in [0.1, 0.15) is 11.5 Å². The van der Waals surface area contributed by atoms with Gasteiger partial charge in [0.2, 0.25) is 0 Å². The monoisotopic (exact) mass is 516 g/mol. The minimum absolute atomic E-state index is 0.0344. The fourth-order valence-corrected chi connectivity index (χ4v) is 5.09. The van der Waals surface area contributed by atoms with Crippen molar-refractivity contribution >= 4 is 23.3 Å². The topological polar surface area (TPSA) is 79.6 Å². The van der Waals surface area contributed by atoms with E-state index in [4.69, 9.17) is 16.3 Å². The Morgan fingerprint density at radius 1 is 1.17 bits per heavy atom. The molecular weight excluding hydrogens is 490 g/mol. The van der Waals surface area contributed by atoms with E-state index in [2.05, 4.69) is 10.3 Å². The van der Waals surface area contributed by atoms with Crippen molar-refractivity contribution in [2.24, 2.45) is 5.41 Å². The highest BCUT2D eigenvalue weighted by molar-refractivity contribution is 6.33. The van der Waals surface area contributed by atoms with E-state index in [1.807, 2.05) is 30.7 Å². The van der Waals surface area contributed by atoms with Gasteiger partial charge in [-0.1, -0.05) is 11.6 Å². The molecule has 0 radical (unpaired) electrons. The molecule has 2 aliphatic rings. The summed E-state index contributed by atoms with van der Waals surface area (Å²) in [6.45, 7) is 5.52. The smallest absolute Gasteiger partial charge is 0.270 e. The van der Waals surface area contributed by atoms with E-state index in [1.54, 1.807) is 17.2 Å². The fourth-order valence-electron chi connectivity index (χ4n) is 4.88. The normalized spacial score (nSPS) is 16.8. The Morgan fingerprint density at radius 2 is 1.89 bits per heavy atom. The first-order chi connectivity index (χ1) is 17.2. The molecule has 0 atom stereocenters. The standard InChI is InChI=1S/C26H27ClF2N4O3/c1-15(2)31-24-6-19(20(27)7-30-24)17-5-23-25(35)33(12-26(13-36-14-26)11-32(23)9-17)8-16-3-21(28)22(29)4-18(16)10-34/h3-7,9,15,34H,8,10-14H2,1-2H3,(H,30,31). The van der Waals surface area contributed by atoms with Crippen molar-refractivity contribution in [1.29, 1.82) is 0 Å². The number of aromatic nitrogens is 2. The van der Waals surface area contributed by atoms with Crippen LogP contribution in [0, 0.1) is 17.0 Å². The number of hydrogen-bond donors (Lipinski definition) is 2. The van der Waals surface area contributed by atoms with E-state index < -0.39 is 18.2 Å². The number of ether oxygens (including phenoxy) is 1. The van der Waals surface area contributed by atoms with E-state index in [9.17, 15) is 18.7 Å². The first kappa shape index (κ1) is 24.7. The molecule has 10 heteroatoms. The first-order valence-electron chi connectivity index (χ1n) is 11.8.